The van der Waals surface area contributed by atoms with Crippen molar-refractivity contribution in [3.63, 3.8) is 0 Å². The third kappa shape index (κ3) is 1.45. The summed E-state index contributed by atoms with van der Waals surface area (Å²) in [5.41, 5.74) is 0. The second-order valence-corrected chi connectivity index (χ2v) is 4.00. The SMILES string of the molecule is O=S(=O)(O)c1ccc2c(c1)=NCN=2. The van der Waals surface area contributed by atoms with E-state index in [2.05, 4.69) is 9.98 Å². The highest BCUT2D eigenvalue weighted by Gasteiger charge is 2.09. The van der Waals surface area contributed by atoms with Crippen molar-refractivity contribution in [2.75, 3.05) is 6.67 Å². The van der Waals surface area contributed by atoms with Crippen molar-refractivity contribution in [1.29, 1.82) is 0 Å². The quantitative estimate of drug-likeness (QED) is 0.596. The van der Waals surface area contributed by atoms with E-state index in [9.17, 15) is 8.42 Å². The topological polar surface area (TPSA) is 79.1 Å². The molecule has 1 heterocycles. The van der Waals surface area contributed by atoms with Gasteiger partial charge in [-0.05, 0) is 18.2 Å². The van der Waals surface area contributed by atoms with Gasteiger partial charge in [0.05, 0.1) is 15.6 Å². The second-order valence-electron chi connectivity index (χ2n) is 2.58. The van der Waals surface area contributed by atoms with Crippen LogP contribution in [0.1, 0.15) is 0 Å². The fourth-order valence-corrected chi connectivity index (χ4v) is 1.61. The molecule has 1 aliphatic rings. The van der Waals surface area contributed by atoms with Gasteiger partial charge in [0.25, 0.3) is 10.1 Å². The molecule has 1 N–H and O–H groups in total. The van der Waals surface area contributed by atoms with Crippen molar-refractivity contribution in [2.45, 2.75) is 4.90 Å². The minimum Gasteiger partial charge on any atom is -0.282 e. The number of benzene rings is 1. The monoisotopic (exact) mass is 198 g/mol. The summed E-state index contributed by atoms with van der Waals surface area (Å²) in [6.07, 6.45) is 0. The van der Waals surface area contributed by atoms with Crippen LogP contribution in [0, 0.1) is 0 Å². The molecule has 0 amide bonds. The van der Waals surface area contributed by atoms with Gasteiger partial charge in [-0.15, -0.1) is 0 Å². The standard InChI is InChI=1S/C7H6N2O3S/c10-13(11,12)5-1-2-6-7(3-5)9-4-8-6/h1-3H,4H2,(H,10,11,12). The Bertz CT molecular complexity index is 562. The van der Waals surface area contributed by atoms with Gasteiger partial charge < -0.3 is 0 Å². The first-order valence-electron chi connectivity index (χ1n) is 3.54. The molecule has 13 heavy (non-hydrogen) atoms. The molecule has 0 aliphatic carbocycles. The summed E-state index contributed by atoms with van der Waals surface area (Å²) in [5.74, 6) is 0. The highest BCUT2D eigenvalue weighted by molar-refractivity contribution is 7.85. The maximum atomic E-state index is 10.7. The zero-order chi connectivity index (χ0) is 9.47. The van der Waals surface area contributed by atoms with E-state index in [1.165, 1.54) is 18.2 Å². The lowest BCUT2D eigenvalue weighted by molar-refractivity contribution is 0.483. The van der Waals surface area contributed by atoms with Gasteiger partial charge in [0.1, 0.15) is 6.67 Å². The molecule has 0 fully saturated rings. The van der Waals surface area contributed by atoms with Crippen molar-refractivity contribution in [3.05, 3.63) is 28.9 Å². The van der Waals surface area contributed by atoms with Crippen LogP contribution in [0.15, 0.2) is 33.1 Å². The molecule has 0 bridgehead atoms. The van der Waals surface area contributed by atoms with E-state index in [4.69, 9.17) is 4.55 Å². The molecule has 0 saturated heterocycles. The number of rotatable bonds is 1. The van der Waals surface area contributed by atoms with E-state index >= 15 is 0 Å². The molecule has 0 aromatic heterocycles. The molecule has 2 rings (SSSR count). The van der Waals surface area contributed by atoms with Crippen molar-refractivity contribution < 1.29 is 13.0 Å². The largest absolute Gasteiger partial charge is 0.294 e. The summed E-state index contributed by atoms with van der Waals surface area (Å²) >= 11 is 0. The average molecular weight is 198 g/mol. The molecule has 1 aliphatic heterocycles. The van der Waals surface area contributed by atoms with Crippen LogP contribution in [-0.2, 0) is 10.1 Å². The molecule has 0 unspecified atom stereocenters. The van der Waals surface area contributed by atoms with E-state index < -0.39 is 10.1 Å². The van der Waals surface area contributed by atoms with Crippen molar-refractivity contribution in [3.8, 4) is 0 Å². The molecule has 0 saturated carbocycles. The van der Waals surface area contributed by atoms with Crippen molar-refractivity contribution in [2.24, 2.45) is 9.98 Å². The molecule has 1 aromatic carbocycles. The van der Waals surface area contributed by atoms with Gasteiger partial charge in [0, 0.05) is 0 Å². The first kappa shape index (κ1) is 8.33. The van der Waals surface area contributed by atoms with Crippen LogP contribution in [0.4, 0.5) is 0 Å². The van der Waals surface area contributed by atoms with Crippen LogP contribution >= 0.6 is 0 Å². The highest BCUT2D eigenvalue weighted by atomic mass is 32.2. The van der Waals surface area contributed by atoms with Gasteiger partial charge in [-0.2, -0.15) is 8.42 Å². The maximum Gasteiger partial charge on any atom is 0.294 e. The van der Waals surface area contributed by atoms with Crippen LogP contribution in [-0.4, -0.2) is 19.6 Å². The smallest absolute Gasteiger partial charge is 0.282 e. The van der Waals surface area contributed by atoms with Gasteiger partial charge >= 0.3 is 0 Å². The first-order valence-corrected chi connectivity index (χ1v) is 4.98. The molecule has 0 spiro atoms. The number of hydrogen-bond acceptors (Lipinski definition) is 4. The zero-order valence-electron chi connectivity index (χ0n) is 6.51. The zero-order valence-corrected chi connectivity index (χ0v) is 7.32. The Balaban J connectivity index is 2.76. The van der Waals surface area contributed by atoms with Crippen molar-refractivity contribution >= 4 is 10.1 Å². The molecule has 68 valence electrons. The predicted molar refractivity (Wildman–Crippen MR) is 43.4 cm³/mol. The van der Waals surface area contributed by atoms with Crippen LogP contribution in [0.3, 0.4) is 0 Å². The van der Waals surface area contributed by atoms with Crippen LogP contribution in [0.2, 0.25) is 0 Å². The number of hydrogen-bond donors (Lipinski definition) is 1. The molecule has 0 radical (unpaired) electrons. The van der Waals surface area contributed by atoms with E-state index in [0.29, 0.717) is 17.4 Å². The third-order valence-corrected chi connectivity index (χ3v) is 2.58. The predicted octanol–water partition coefficient (Wildman–Crippen LogP) is -0.856. The molecule has 5 nitrogen and oxygen atoms in total. The summed E-state index contributed by atoms with van der Waals surface area (Å²) in [5, 5.41) is 1.17. The Morgan fingerprint density at radius 3 is 2.62 bits per heavy atom. The van der Waals surface area contributed by atoms with Crippen molar-refractivity contribution in [1.82, 2.24) is 0 Å². The van der Waals surface area contributed by atoms with Gasteiger partial charge in [-0.25, -0.2) is 0 Å². The summed E-state index contributed by atoms with van der Waals surface area (Å²) in [4.78, 5) is 7.76. The molecule has 0 atom stereocenters. The van der Waals surface area contributed by atoms with Crippen LogP contribution in [0.25, 0.3) is 0 Å². The Hall–Kier alpha value is -1.27. The van der Waals surface area contributed by atoms with Gasteiger partial charge in [-0.3, -0.25) is 14.5 Å². The van der Waals surface area contributed by atoms with E-state index in [1.54, 1.807) is 0 Å². The minimum absolute atomic E-state index is 0.146. The third-order valence-electron chi connectivity index (χ3n) is 1.73. The molecular formula is C7H6N2O3S. The number of fused-ring (bicyclic) bond motifs is 1. The Kier molecular flexibility index (Phi) is 1.67. The van der Waals surface area contributed by atoms with Gasteiger partial charge in [0.15, 0.2) is 0 Å². The summed E-state index contributed by atoms with van der Waals surface area (Å²) < 4.78 is 30.2. The number of nitrogens with zero attached hydrogens (tertiary/aromatic N) is 2. The van der Waals surface area contributed by atoms with E-state index in [1.807, 2.05) is 0 Å². The maximum absolute atomic E-state index is 10.7. The Morgan fingerprint density at radius 2 is 1.92 bits per heavy atom. The van der Waals surface area contributed by atoms with Crippen LogP contribution in [0.5, 0.6) is 0 Å². The normalized spacial score (nSPS) is 14.5. The van der Waals surface area contributed by atoms with Gasteiger partial charge in [-0.1, -0.05) is 0 Å². The van der Waals surface area contributed by atoms with E-state index in [-0.39, 0.29) is 4.90 Å². The summed E-state index contributed by atoms with van der Waals surface area (Å²) in [6, 6.07) is 4.13. The van der Waals surface area contributed by atoms with Gasteiger partial charge in [0.2, 0.25) is 0 Å². The molecule has 1 aromatic rings. The first-order chi connectivity index (χ1) is 6.07. The average Bonchev–Trinajstić information content (AvgIpc) is 2.47. The fraction of sp³-hybridized carbons (Fsp3) is 0.143. The minimum atomic E-state index is -4.13. The summed E-state index contributed by atoms with van der Waals surface area (Å²) in [7, 11) is -4.13. The summed E-state index contributed by atoms with van der Waals surface area (Å²) in [6.45, 7) is 0.324. The van der Waals surface area contributed by atoms with Crippen LogP contribution < -0.4 is 10.7 Å². The lowest BCUT2D eigenvalue weighted by Crippen LogP contribution is -2.22. The van der Waals surface area contributed by atoms with E-state index in [0.717, 1.165) is 0 Å². The Morgan fingerprint density at radius 1 is 1.23 bits per heavy atom. The highest BCUT2D eigenvalue weighted by Crippen LogP contribution is 2.02. The second kappa shape index (κ2) is 2.61. The lowest BCUT2D eigenvalue weighted by Gasteiger charge is -1.93. The Labute approximate surface area is 74.2 Å². The molecular weight excluding hydrogens is 192 g/mol. The lowest BCUT2D eigenvalue weighted by atomic mass is 10.3. The fourth-order valence-electron chi connectivity index (χ4n) is 1.11. The molecule has 6 heteroatoms.